The van der Waals surface area contributed by atoms with Crippen molar-refractivity contribution in [3.63, 3.8) is 0 Å². The third kappa shape index (κ3) is 5.07. The van der Waals surface area contributed by atoms with E-state index in [1.165, 1.54) is 33.8 Å². The molecule has 31 heavy (non-hydrogen) atoms. The molecule has 1 aromatic heterocycles. The van der Waals surface area contributed by atoms with Crippen molar-refractivity contribution in [1.29, 1.82) is 0 Å². The van der Waals surface area contributed by atoms with Crippen LogP contribution in [0.1, 0.15) is 11.3 Å². The number of hydrogen-bond donors (Lipinski definition) is 0. The first-order valence-corrected chi connectivity index (χ1v) is 13.2. The van der Waals surface area contributed by atoms with Crippen LogP contribution in [0.15, 0.2) is 51.1 Å². The Labute approximate surface area is 202 Å². The maximum atomic E-state index is 13.7. The van der Waals surface area contributed by atoms with Gasteiger partial charge < -0.3 is 4.90 Å². The fourth-order valence-electron chi connectivity index (χ4n) is 3.32. The minimum Gasteiger partial charge on any atom is -0.345 e. The Bertz CT molecular complexity index is 1210. The molecule has 2 heterocycles. The van der Waals surface area contributed by atoms with E-state index >= 15 is 0 Å². The topological polar surface area (TPSA) is 53.5 Å². The monoisotopic (exact) mass is 563 g/mol. The molecule has 1 aliphatic rings. The fourth-order valence-corrected chi connectivity index (χ4v) is 6.75. The zero-order valence-electron chi connectivity index (χ0n) is 16.1. The van der Waals surface area contributed by atoms with E-state index in [-0.39, 0.29) is 14.9 Å². The number of thiazole rings is 1. The lowest BCUT2D eigenvalue weighted by molar-refractivity contribution is 0.384. The Morgan fingerprint density at radius 2 is 1.81 bits per heavy atom. The molecule has 5 nitrogen and oxygen atoms in total. The SMILES string of the molecule is O=S(=O)(c1ccc(Br)cc1Cl)N1CCN(c2nc(Cc3ccc(Cl)c(F)c3)cs2)CC1. The molecule has 1 fully saturated rings. The Morgan fingerprint density at radius 3 is 2.48 bits per heavy atom. The molecular weight excluding hydrogens is 548 g/mol. The Morgan fingerprint density at radius 1 is 1.06 bits per heavy atom. The quantitative estimate of drug-likeness (QED) is 0.413. The average molecular weight is 565 g/mol. The van der Waals surface area contributed by atoms with Crippen LogP contribution < -0.4 is 4.90 Å². The number of sulfonamides is 1. The highest BCUT2D eigenvalue weighted by Gasteiger charge is 2.31. The third-order valence-corrected chi connectivity index (χ3v) is 9.06. The predicted molar refractivity (Wildman–Crippen MR) is 126 cm³/mol. The molecule has 1 aliphatic heterocycles. The second-order valence-corrected chi connectivity index (χ2v) is 11.5. The molecule has 0 radical (unpaired) electrons. The van der Waals surface area contributed by atoms with Gasteiger partial charge in [0.1, 0.15) is 10.7 Å². The fraction of sp³-hybridized carbons (Fsp3) is 0.250. The summed E-state index contributed by atoms with van der Waals surface area (Å²) in [6.45, 7) is 1.73. The number of halogens is 4. The molecule has 0 aliphatic carbocycles. The zero-order chi connectivity index (χ0) is 22.2. The van der Waals surface area contributed by atoms with E-state index < -0.39 is 15.8 Å². The number of nitrogens with zero attached hydrogens (tertiary/aromatic N) is 3. The lowest BCUT2D eigenvalue weighted by Crippen LogP contribution is -2.48. The highest BCUT2D eigenvalue weighted by molar-refractivity contribution is 9.10. The summed E-state index contributed by atoms with van der Waals surface area (Å²) in [4.78, 5) is 6.82. The number of hydrogen-bond acceptors (Lipinski definition) is 5. The summed E-state index contributed by atoms with van der Waals surface area (Å²) >= 11 is 16.7. The van der Waals surface area contributed by atoms with Crippen molar-refractivity contribution in [3.8, 4) is 0 Å². The maximum Gasteiger partial charge on any atom is 0.244 e. The minimum absolute atomic E-state index is 0.0972. The van der Waals surface area contributed by atoms with Crippen molar-refractivity contribution < 1.29 is 12.8 Å². The van der Waals surface area contributed by atoms with Gasteiger partial charge >= 0.3 is 0 Å². The van der Waals surface area contributed by atoms with Crippen LogP contribution in [0.25, 0.3) is 0 Å². The van der Waals surface area contributed by atoms with Crippen molar-refractivity contribution in [2.45, 2.75) is 11.3 Å². The number of aromatic nitrogens is 1. The molecule has 4 rings (SSSR count). The maximum absolute atomic E-state index is 13.7. The predicted octanol–water partition coefficient (Wildman–Crippen LogP) is 5.45. The Kier molecular flexibility index (Phi) is 6.90. The van der Waals surface area contributed by atoms with Crippen molar-refractivity contribution in [3.05, 3.63) is 73.4 Å². The standard InChI is InChI=1S/C20H17BrCl2FN3O2S2/c21-14-2-4-19(17(23)11-14)31(28,29)27-7-5-26(6-8-27)20-25-15(12-30-20)9-13-1-3-16(22)18(24)10-13/h1-4,10-12H,5-9H2. The number of piperazine rings is 1. The van der Waals surface area contributed by atoms with Crippen molar-refractivity contribution in [1.82, 2.24) is 9.29 Å². The van der Waals surface area contributed by atoms with E-state index in [1.807, 2.05) is 5.38 Å². The molecule has 2 aromatic carbocycles. The molecule has 0 N–H and O–H groups in total. The van der Waals surface area contributed by atoms with Crippen LogP contribution in [0.3, 0.4) is 0 Å². The molecule has 0 spiro atoms. The van der Waals surface area contributed by atoms with Crippen LogP contribution in [-0.4, -0.2) is 43.9 Å². The van der Waals surface area contributed by atoms with E-state index in [0.717, 1.165) is 20.9 Å². The number of benzene rings is 2. The van der Waals surface area contributed by atoms with Gasteiger partial charge in [0.25, 0.3) is 0 Å². The Balaban J connectivity index is 1.41. The highest BCUT2D eigenvalue weighted by Crippen LogP contribution is 2.30. The van der Waals surface area contributed by atoms with Gasteiger partial charge in [0.15, 0.2) is 5.13 Å². The van der Waals surface area contributed by atoms with Crippen LogP contribution in [0.4, 0.5) is 9.52 Å². The van der Waals surface area contributed by atoms with Gasteiger partial charge in [-0.3, -0.25) is 0 Å². The molecule has 3 aromatic rings. The first-order valence-electron chi connectivity index (χ1n) is 9.32. The summed E-state index contributed by atoms with van der Waals surface area (Å²) < 4.78 is 41.8. The van der Waals surface area contributed by atoms with E-state index in [9.17, 15) is 12.8 Å². The van der Waals surface area contributed by atoms with Gasteiger partial charge in [0.2, 0.25) is 10.0 Å². The van der Waals surface area contributed by atoms with Gasteiger partial charge in [-0.25, -0.2) is 17.8 Å². The van der Waals surface area contributed by atoms with Crippen molar-refractivity contribution >= 4 is 65.6 Å². The summed E-state index contributed by atoms with van der Waals surface area (Å²) in [5.74, 6) is -0.446. The van der Waals surface area contributed by atoms with Gasteiger partial charge in [-0.15, -0.1) is 11.3 Å². The van der Waals surface area contributed by atoms with E-state index in [2.05, 4.69) is 25.8 Å². The normalized spacial score (nSPS) is 15.4. The molecule has 0 amide bonds. The van der Waals surface area contributed by atoms with Crippen LogP contribution in [-0.2, 0) is 16.4 Å². The van der Waals surface area contributed by atoms with Crippen molar-refractivity contribution in [2.24, 2.45) is 0 Å². The number of rotatable bonds is 5. The second kappa shape index (κ2) is 9.33. The molecule has 11 heteroatoms. The summed E-state index contributed by atoms with van der Waals surface area (Å²) in [6.07, 6.45) is 0.501. The lowest BCUT2D eigenvalue weighted by atomic mass is 10.1. The average Bonchev–Trinajstić information content (AvgIpc) is 3.19. The van der Waals surface area contributed by atoms with Crippen LogP contribution in [0.2, 0.25) is 10.0 Å². The van der Waals surface area contributed by atoms with Gasteiger partial charge in [-0.05, 0) is 35.9 Å². The molecular formula is C20H17BrCl2FN3O2S2. The van der Waals surface area contributed by atoms with Gasteiger partial charge in [-0.2, -0.15) is 4.31 Å². The molecule has 164 valence electrons. The largest absolute Gasteiger partial charge is 0.345 e. The highest BCUT2D eigenvalue weighted by atomic mass is 79.9. The van der Waals surface area contributed by atoms with Crippen LogP contribution >= 0.6 is 50.5 Å². The first kappa shape index (κ1) is 22.9. The van der Waals surface area contributed by atoms with Crippen LogP contribution in [0.5, 0.6) is 0 Å². The Hall–Kier alpha value is -1.23. The van der Waals surface area contributed by atoms with Gasteiger partial charge in [0.05, 0.1) is 15.7 Å². The summed E-state index contributed by atoms with van der Waals surface area (Å²) in [7, 11) is -3.67. The summed E-state index contributed by atoms with van der Waals surface area (Å²) in [5, 5.41) is 3.05. The lowest BCUT2D eigenvalue weighted by Gasteiger charge is -2.34. The number of anilines is 1. The van der Waals surface area contributed by atoms with Crippen LogP contribution in [0, 0.1) is 5.82 Å². The van der Waals surface area contributed by atoms with Gasteiger partial charge in [0, 0.05) is 42.5 Å². The molecule has 0 atom stereocenters. The third-order valence-electron chi connectivity index (χ3n) is 4.93. The molecule has 0 bridgehead atoms. The zero-order valence-corrected chi connectivity index (χ0v) is 20.8. The second-order valence-electron chi connectivity index (χ2n) is 7.01. The first-order chi connectivity index (χ1) is 14.7. The minimum atomic E-state index is -3.67. The smallest absolute Gasteiger partial charge is 0.244 e. The van der Waals surface area contributed by atoms with E-state index in [0.29, 0.717) is 32.6 Å². The molecule has 1 saturated heterocycles. The molecule has 0 unspecified atom stereocenters. The van der Waals surface area contributed by atoms with Gasteiger partial charge in [-0.1, -0.05) is 45.2 Å². The van der Waals surface area contributed by atoms with E-state index in [4.69, 9.17) is 23.2 Å². The molecule has 0 saturated carbocycles. The van der Waals surface area contributed by atoms with Crippen molar-refractivity contribution in [2.75, 3.05) is 31.1 Å². The van der Waals surface area contributed by atoms with E-state index in [1.54, 1.807) is 18.2 Å². The summed E-state index contributed by atoms with van der Waals surface area (Å²) in [6, 6.07) is 9.49. The summed E-state index contributed by atoms with van der Waals surface area (Å²) in [5.41, 5.74) is 1.62.